The molecule has 0 amide bonds. The van der Waals surface area contributed by atoms with E-state index in [0.29, 0.717) is 6.04 Å². The number of aliphatic imine (C=N–C) groups is 1. The molecule has 1 aliphatic heterocycles. The second kappa shape index (κ2) is 10.3. The van der Waals surface area contributed by atoms with Crippen molar-refractivity contribution in [3.8, 4) is 0 Å². The van der Waals surface area contributed by atoms with Gasteiger partial charge in [0.1, 0.15) is 0 Å². The molecule has 1 aliphatic rings. The van der Waals surface area contributed by atoms with Crippen molar-refractivity contribution in [3.63, 3.8) is 0 Å². The van der Waals surface area contributed by atoms with Crippen LogP contribution in [0.25, 0.3) is 0 Å². The average molecular weight is 423 g/mol. The maximum Gasteiger partial charge on any atom is 0.191 e. The largest absolute Gasteiger partial charge is 0.357 e. The van der Waals surface area contributed by atoms with Crippen LogP contribution < -0.4 is 10.6 Å². The summed E-state index contributed by atoms with van der Waals surface area (Å²) >= 11 is 2.03. The van der Waals surface area contributed by atoms with Gasteiger partial charge < -0.3 is 10.6 Å². The fourth-order valence-electron chi connectivity index (χ4n) is 2.22. The standard InChI is InChI=1S/C14H25N5S.HI/c1-3-15-14(18-13-5-4-8-20-11-13)16-6-7-19-10-12(2)9-17-19;/h9-10,13H,3-8,11H2,1-2H3,(H2,15,16,18);1H. The first-order valence-corrected chi connectivity index (χ1v) is 8.55. The molecule has 2 N–H and O–H groups in total. The van der Waals surface area contributed by atoms with Crippen LogP contribution in [0.2, 0.25) is 0 Å². The van der Waals surface area contributed by atoms with Gasteiger partial charge in [0.2, 0.25) is 0 Å². The molecular formula is C14H26IN5S. The van der Waals surface area contributed by atoms with Crippen LogP contribution in [0.5, 0.6) is 0 Å². The van der Waals surface area contributed by atoms with E-state index in [1.165, 1.54) is 29.9 Å². The fourth-order valence-corrected chi connectivity index (χ4v) is 3.29. The molecule has 1 aromatic heterocycles. The lowest BCUT2D eigenvalue weighted by Crippen LogP contribution is -2.45. The molecule has 0 aliphatic carbocycles. The fraction of sp³-hybridized carbons (Fsp3) is 0.714. The van der Waals surface area contributed by atoms with E-state index in [2.05, 4.69) is 34.6 Å². The van der Waals surface area contributed by atoms with Gasteiger partial charge in [0.05, 0.1) is 19.3 Å². The molecule has 0 radical (unpaired) electrons. The molecule has 2 heterocycles. The van der Waals surface area contributed by atoms with Gasteiger partial charge in [0, 0.05) is 24.5 Å². The Morgan fingerprint density at radius 1 is 1.57 bits per heavy atom. The summed E-state index contributed by atoms with van der Waals surface area (Å²) in [6, 6.07) is 0.554. The first-order chi connectivity index (χ1) is 9.78. The number of hydrogen-bond acceptors (Lipinski definition) is 3. The first kappa shape index (κ1) is 18.6. The number of hydrogen-bond donors (Lipinski definition) is 2. The van der Waals surface area contributed by atoms with Gasteiger partial charge in [0.25, 0.3) is 0 Å². The average Bonchev–Trinajstić information content (AvgIpc) is 2.86. The molecule has 2 rings (SSSR count). The molecule has 5 nitrogen and oxygen atoms in total. The van der Waals surface area contributed by atoms with Gasteiger partial charge in [-0.3, -0.25) is 9.67 Å². The molecular weight excluding hydrogens is 397 g/mol. The Labute approximate surface area is 148 Å². The number of rotatable bonds is 5. The molecule has 120 valence electrons. The summed E-state index contributed by atoms with van der Waals surface area (Å²) in [5.74, 6) is 3.41. The molecule has 0 saturated carbocycles. The van der Waals surface area contributed by atoms with Crippen LogP contribution in [0.3, 0.4) is 0 Å². The smallest absolute Gasteiger partial charge is 0.191 e. The molecule has 1 unspecified atom stereocenters. The Hall–Kier alpha value is -0.440. The lowest BCUT2D eigenvalue weighted by molar-refractivity contribution is 0.577. The quantitative estimate of drug-likeness (QED) is 0.434. The maximum absolute atomic E-state index is 4.64. The van der Waals surface area contributed by atoms with Crippen molar-refractivity contribution in [2.75, 3.05) is 24.6 Å². The van der Waals surface area contributed by atoms with Gasteiger partial charge in [-0.1, -0.05) is 0 Å². The van der Waals surface area contributed by atoms with Gasteiger partial charge in [-0.05, 0) is 38.0 Å². The van der Waals surface area contributed by atoms with E-state index in [0.717, 1.165) is 25.6 Å². The van der Waals surface area contributed by atoms with E-state index in [1.54, 1.807) is 0 Å². The van der Waals surface area contributed by atoms with Crippen molar-refractivity contribution in [2.24, 2.45) is 4.99 Å². The van der Waals surface area contributed by atoms with Crippen LogP contribution in [0.1, 0.15) is 25.3 Å². The number of halogens is 1. The second-order valence-electron chi connectivity index (χ2n) is 5.10. The molecule has 1 aromatic rings. The monoisotopic (exact) mass is 423 g/mol. The molecule has 1 saturated heterocycles. The van der Waals surface area contributed by atoms with Crippen molar-refractivity contribution in [3.05, 3.63) is 18.0 Å². The molecule has 0 spiro atoms. The van der Waals surface area contributed by atoms with Crippen molar-refractivity contribution < 1.29 is 0 Å². The zero-order valence-corrected chi connectivity index (χ0v) is 16.0. The van der Waals surface area contributed by atoms with Crippen LogP contribution in [-0.2, 0) is 6.54 Å². The number of thioether (sulfide) groups is 1. The van der Waals surface area contributed by atoms with Crippen molar-refractivity contribution in [1.29, 1.82) is 0 Å². The first-order valence-electron chi connectivity index (χ1n) is 7.39. The maximum atomic E-state index is 4.64. The molecule has 21 heavy (non-hydrogen) atoms. The van der Waals surface area contributed by atoms with Crippen LogP contribution in [0.15, 0.2) is 17.4 Å². The van der Waals surface area contributed by atoms with Crippen LogP contribution in [0.4, 0.5) is 0 Å². The minimum Gasteiger partial charge on any atom is -0.357 e. The lowest BCUT2D eigenvalue weighted by atomic mass is 10.2. The molecule has 0 aromatic carbocycles. The molecule has 7 heteroatoms. The molecule has 0 bridgehead atoms. The van der Waals surface area contributed by atoms with Crippen molar-refractivity contribution in [1.82, 2.24) is 20.4 Å². The van der Waals surface area contributed by atoms with Crippen LogP contribution >= 0.6 is 35.7 Å². The summed E-state index contributed by atoms with van der Waals surface area (Å²) in [5, 5.41) is 11.1. The topological polar surface area (TPSA) is 54.2 Å². The Balaban J connectivity index is 0.00000220. The second-order valence-corrected chi connectivity index (χ2v) is 6.25. The SMILES string of the molecule is CCNC(=NCCn1cc(C)cn1)NC1CCCSC1.I. The highest BCUT2D eigenvalue weighted by atomic mass is 127. The zero-order chi connectivity index (χ0) is 14.2. The normalized spacial score (nSPS) is 19.0. The van der Waals surface area contributed by atoms with E-state index < -0.39 is 0 Å². The summed E-state index contributed by atoms with van der Waals surface area (Å²) in [7, 11) is 0. The van der Waals surface area contributed by atoms with Gasteiger partial charge in [0.15, 0.2) is 5.96 Å². The third-order valence-electron chi connectivity index (χ3n) is 3.21. The number of nitrogens with one attached hydrogen (secondary N) is 2. The highest BCUT2D eigenvalue weighted by Gasteiger charge is 2.14. The summed E-state index contributed by atoms with van der Waals surface area (Å²) in [6.07, 6.45) is 6.48. The summed E-state index contributed by atoms with van der Waals surface area (Å²) < 4.78 is 1.94. The predicted molar refractivity (Wildman–Crippen MR) is 102 cm³/mol. The van der Waals surface area contributed by atoms with Crippen molar-refractivity contribution in [2.45, 2.75) is 39.3 Å². The van der Waals surface area contributed by atoms with E-state index in [4.69, 9.17) is 0 Å². The summed E-state index contributed by atoms with van der Waals surface area (Å²) in [4.78, 5) is 4.64. The van der Waals surface area contributed by atoms with Crippen molar-refractivity contribution >= 4 is 41.7 Å². The Morgan fingerprint density at radius 2 is 2.43 bits per heavy atom. The third-order valence-corrected chi connectivity index (χ3v) is 4.42. The highest BCUT2D eigenvalue weighted by molar-refractivity contribution is 14.0. The van der Waals surface area contributed by atoms with Gasteiger partial charge in [-0.2, -0.15) is 16.9 Å². The molecule has 1 fully saturated rings. The predicted octanol–water partition coefficient (Wildman–Crippen LogP) is 2.26. The minimum atomic E-state index is 0. The Bertz CT molecular complexity index is 429. The van der Waals surface area contributed by atoms with Gasteiger partial charge in [-0.15, -0.1) is 24.0 Å². The number of nitrogens with zero attached hydrogens (tertiary/aromatic N) is 3. The number of guanidine groups is 1. The van der Waals surface area contributed by atoms with E-state index in [-0.39, 0.29) is 24.0 Å². The highest BCUT2D eigenvalue weighted by Crippen LogP contribution is 2.16. The number of aryl methyl sites for hydroxylation is 1. The van der Waals surface area contributed by atoms with E-state index in [9.17, 15) is 0 Å². The number of aromatic nitrogens is 2. The zero-order valence-electron chi connectivity index (χ0n) is 12.8. The van der Waals surface area contributed by atoms with E-state index >= 15 is 0 Å². The lowest BCUT2D eigenvalue weighted by Gasteiger charge is -2.24. The Kier molecular flexibility index (Phi) is 9.14. The summed E-state index contributed by atoms with van der Waals surface area (Å²) in [5.41, 5.74) is 1.19. The van der Waals surface area contributed by atoms with E-state index in [1.807, 2.05) is 28.8 Å². The third kappa shape index (κ3) is 6.90. The van der Waals surface area contributed by atoms with Gasteiger partial charge in [-0.25, -0.2) is 0 Å². The summed E-state index contributed by atoms with van der Waals surface area (Å²) in [6.45, 7) is 6.62. The van der Waals surface area contributed by atoms with Crippen LogP contribution in [-0.4, -0.2) is 46.4 Å². The Morgan fingerprint density at radius 3 is 3.05 bits per heavy atom. The van der Waals surface area contributed by atoms with Gasteiger partial charge >= 0.3 is 0 Å². The molecule has 1 atom stereocenters. The minimum absolute atomic E-state index is 0. The van der Waals surface area contributed by atoms with Crippen LogP contribution in [0, 0.1) is 6.92 Å².